The molecule has 0 spiro atoms. The average Bonchev–Trinajstić information content (AvgIpc) is 2.76. The quantitative estimate of drug-likeness (QED) is 0.518. The molecule has 0 fully saturated rings. The van der Waals surface area contributed by atoms with Gasteiger partial charge in [-0.25, -0.2) is 0 Å². The lowest BCUT2D eigenvalue weighted by atomic mass is 10.5. The normalized spacial score (nSPS) is 9.46. The van der Waals surface area contributed by atoms with Crippen molar-refractivity contribution in [1.82, 2.24) is 0 Å². The maximum absolute atomic E-state index is 8.83. The number of nitrogens with zero attached hydrogens (tertiary/aromatic N) is 2. The summed E-state index contributed by atoms with van der Waals surface area (Å²) in [4.78, 5) is 1.26. The summed E-state index contributed by atoms with van der Waals surface area (Å²) in [6.45, 7) is 0. The van der Waals surface area contributed by atoms with E-state index in [0.717, 1.165) is 0 Å². The first-order chi connectivity index (χ1) is 6.42. The second kappa shape index (κ2) is 3.07. The summed E-state index contributed by atoms with van der Waals surface area (Å²) >= 11 is 0. The third-order valence-electron chi connectivity index (χ3n) is 1.55. The van der Waals surface area contributed by atoms with Crippen LogP contribution in [0.4, 0.5) is 11.8 Å². The Hall–Kier alpha value is -2.15. The van der Waals surface area contributed by atoms with Crippen molar-refractivity contribution in [3.63, 3.8) is 0 Å². The molecule has 0 saturated heterocycles. The second-order valence-electron chi connectivity index (χ2n) is 2.34. The zero-order valence-electron chi connectivity index (χ0n) is 6.68. The predicted octanol–water partition coefficient (Wildman–Crippen LogP) is 2.49. The van der Waals surface area contributed by atoms with Crippen LogP contribution in [0.15, 0.2) is 45.6 Å². The molecule has 4 nitrogen and oxygen atoms in total. The van der Waals surface area contributed by atoms with Gasteiger partial charge in [0.2, 0.25) is 11.8 Å². The van der Waals surface area contributed by atoms with Gasteiger partial charge in [0.15, 0.2) is 6.19 Å². The molecule has 0 unspecified atom stereocenters. The van der Waals surface area contributed by atoms with Gasteiger partial charge >= 0.3 is 0 Å². The minimum atomic E-state index is 0.442. The van der Waals surface area contributed by atoms with E-state index in [9.17, 15) is 0 Å². The van der Waals surface area contributed by atoms with Gasteiger partial charge in [0.05, 0.1) is 12.5 Å². The molecule has 0 aromatic carbocycles. The van der Waals surface area contributed by atoms with E-state index in [1.807, 2.05) is 6.19 Å². The van der Waals surface area contributed by atoms with E-state index in [1.54, 1.807) is 24.3 Å². The Labute approximate surface area is 74.6 Å². The summed E-state index contributed by atoms with van der Waals surface area (Å²) in [6.07, 6.45) is 4.96. The third kappa shape index (κ3) is 1.27. The molecule has 2 aromatic rings. The SMILES string of the molecule is N#CN(c1ccco1)c1ccco1. The lowest BCUT2D eigenvalue weighted by Gasteiger charge is -2.06. The van der Waals surface area contributed by atoms with Gasteiger partial charge in [-0.1, -0.05) is 0 Å². The smallest absolute Gasteiger partial charge is 0.215 e. The van der Waals surface area contributed by atoms with Gasteiger partial charge in [-0.05, 0) is 12.1 Å². The number of hydrogen-bond acceptors (Lipinski definition) is 4. The molecule has 13 heavy (non-hydrogen) atoms. The van der Waals surface area contributed by atoms with Crippen LogP contribution in [0.1, 0.15) is 0 Å². The minimum absolute atomic E-state index is 0.442. The number of hydrogen-bond donors (Lipinski definition) is 0. The molecule has 2 heterocycles. The molecule has 0 N–H and O–H groups in total. The maximum atomic E-state index is 8.83. The Bertz CT molecular complexity index is 363. The van der Waals surface area contributed by atoms with Gasteiger partial charge in [0.1, 0.15) is 0 Å². The molecular weight excluding hydrogens is 168 g/mol. The first-order valence-corrected chi connectivity index (χ1v) is 3.68. The number of nitriles is 1. The van der Waals surface area contributed by atoms with E-state index in [-0.39, 0.29) is 0 Å². The van der Waals surface area contributed by atoms with Crippen LogP contribution in [0.25, 0.3) is 0 Å². The summed E-state index contributed by atoms with van der Waals surface area (Å²) < 4.78 is 10.1. The van der Waals surface area contributed by atoms with Crippen molar-refractivity contribution in [2.24, 2.45) is 0 Å². The standard InChI is InChI=1S/C9H6N2O2/c10-7-11(8-3-1-5-12-8)9-4-2-6-13-9/h1-6H. The van der Waals surface area contributed by atoms with Gasteiger partial charge in [-0.2, -0.15) is 10.2 Å². The zero-order chi connectivity index (χ0) is 9.10. The number of anilines is 2. The molecule has 4 heteroatoms. The lowest BCUT2D eigenvalue weighted by molar-refractivity contribution is 0.540. The van der Waals surface area contributed by atoms with E-state index >= 15 is 0 Å². The van der Waals surface area contributed by atoms with Crippen LogP contribution in [0.5, 0.6) is 0 Å². The van der Waals surface area contributed by atoms with Crippen molar-refractivity contribution in [2.75, 3.05) is 4.90 Å². The van der Waals surface area contributed by atoms with Crippen molar-refractivity contribution >= 4 is 11.8 Å². The molecule has 2 rings (SSSR count). The van der Waals surface area contributed by atoms with Crippen LogP contribution < -0.4 is 4.90 Å². The Morgan fingerprint density at radius 3 is 1.92 bits per heavy atom. The first-order valence-electron chi connectivity index (χ1n) is 3.68. The highest BCUT2D eigenvalue weighted by atomic mass is 16.4. The van der Waals surface area contributed by atoms with Crippen molar-refractivity contribution in [1.29, 1.82) is 5.26 Å². The van der Waals surface area contributed by atoms with E-state index in [1.165, 1.54) is 17.4 Å². The molecule has 0 aliphatic carbocycles. The van der Waals surface area contributed by atoms with Crippen molar-refractivity contribution in [2.45, 2.75) is 0 Å². The van der Waals surface area contributed by atoms with E-state index in [0.29, 0.717) is 11.8 Å². The lowest BCUT2D eigenvalue weighted by Crippen LogP contribution is -2.05. The molecule has 2 aromatic heterocycles. The fraction of sp³-hybridized carbons (Fsp3) is 0. The molecule has 0 saturated carbocycles. The Kier molecular flexibility index (Phi) is 1.77. The third-order valence-corrected chi connectivity index (χ3v) is 1.55. The first kappa shape index (κ1) is 7.50. The molecule has 0 aliphatic heterocycles. The van der Waals surface area contributed by atoms with Crippen molar-refractivity contribution in [3.05, 3.63) is 36.8 Å². The summed E-state index contributed by atoms with van der Waals surface area (Å²) in [5, 5.41) is 8.83. The number of furan rings is 2. The highest BCUT2D eigenvalue weighted by molar-refractivity contribution is 5.56. The van der Waals surface area contributed by atoms with Crippen LogP contribution in [0.2, 0.25) is 0 Å². The van der Waals surface area contributed by atoms with Gasteiger partial charge in [-0.3, -0.25) is 0 Å². The van der Waals surface area contributed by atoms with Gasteiger partial charge < -0.3 is 8.83 Å². The summed E-state index contributed by atoms with van der Waals surface area (Å²) in [5.41, 5.74) is 0. The van der Waals surface area contributed by atoms with Crippen LogP contribution in [0, 0.1) is 11.5 Å². The zero-order valence-corrected chi connectivity index (χ0v) is 6.68. The summed E-state index contributed by atoms with van der Waals surface area (Å²) in [6, 6.07) is 6.79. The maximum Gasteiger partial charge on any atom is 0.215 e. The van der Waals surface area contributed by atoms with E-state index < -0.39 is 0 Å². The fourth-order valence-corrected chi connectivity index (χ4v) is 1.00. The molecule has 64 valence electrons. The number of rotatable bonds is 2. The van der Waals surface area contributed by atoms with Gasteiger partial charge in [0, 0.05) is 12.1 Å². The molecule has 0 atom stereocenters. The Morgan fingerprint density at radius 1 is 1.08 bits per heavy atom. The molecule has 0 bridgehead atoms. The van der Waals surface area contributed by atoms with Crippen LogP contribution >= 0.6 is 0 Å². The monoisotopic (exact) mass is 174 g/mol. The highest BCUT2D eigenvalue weighted by Crippen LogP contribution is 2.24. The predicted molar refractivity (Wildman–Crippen MR) is 45.2 cm³/mol. The largest absolute Gasteiger partial charge is 0.447 e. The Balaban J connectivity index is 2.36. The van der Waals surface area contributed by atoms with Crippen molar-refractivity contribution < 1.29 is 8.83 Å². The molecule has 0 amide bonds. The van der Waals surface area contributed by atoms with Crippen molar-refractivity contribution in [3.8, 4) is 6.19 Å². The average molecular weight is 174 g/mol. The van der Waals surface area contributed by atoms with E-state index in [2.05, 4.69) is 0 Å². The van der Waals surface area contributed by atoms with Crippen LogP contribution in [-0.4, -0.2) is 0 Å². The Morgan fingerprint density at radius 2 is 1.62 bits per heavy atom. The summed E-state index contributed by atoms with van der Waals surface area (Å²) in [5.74, 6) is 0.884. The van der Waals surface area contributed by atoms with Crippen LogP contribution in [-0.2, 0) is 0 Å². The molecule has 0 radical (unpaired) electrons. The van der Waals surface area contributed by atoms with E-state index in [4.69, 9.17) is 14.1 Å². The van der Waals surface area contributed by atoms with Gasteiger partial charge in [0.25, 0.3) is 0 Å². The second-order valence-corrected chi connectivity index (χ2v) is 2.34. The topological polar surface area (TPSA) is 53.3 Å². The fourth-order valence-electron chi connectivity index (χ4n) is 1.00. The minimum Gasteiger partial charge on any atom is -0.447 e. The van der Waals surface area contributed by atoms with Gasteiger partial charge in [-0.15, -0.1) is 0 Å². The molecule has 0 aliphatic rings. The highest BCUT2D eigenvalue weighted by Gasteiger charge is 2.12. The van der Waals surface area contributed by atoms with Crippen LogP contribution in [0.3, 0.4) is 0 Å². The molecular formula is C9H6N2O2. The summed E-state index contributed by atoms with van der Waals surface area (Å²) in [7, 11) is 0.